The fourth-order valence-electron chi connectivity index (χ4n) is 3.64. The van der Waals surface area contributed by atoms with Gasteiger partial charge in [-0.25, -0.2) is 0 Å². The second-order valence-corrected chi connectivity index (χ2v) is 8.48. The van der Waals surface area contributed by atoms with Crippen LogP contribution in [0.1, 0.15) is 27.4 Å². The highest BCUT2D eigenvalue weighted by molar-refractivity contribution is 7.98. The summed E-state index contributed by atoms with van der Waals surface area (Å²) in [7, 11) is 0. The zero-order chi connectivity index (χ0) is 19.8. The highest BCUT2D eigenvalue weighted by Gasteiger charge is 2.28. The molecule has 0 radical (unpaired) electrons. The fourth-order valence-corrected chi connectivity index (χ4v) is 4.69. The average Bonchev–Trinajstić information content (AvgIpc) is 3.36. The van der Waals surface area contributed by atoms with Gasteiger partial charge in [0.15, 0.2) is 5.76 Å². The zero-order valence-corrected chi connectivity index (χ0v) is 17.1. The fraction of sp³-hybridized carbons (Fsp3) is 0.182. The molecule has 0 saturated heterocycles. The number of rotatable bonds is 4. The van der Waals surface area contributed by atoms with Crippen molar-refractivity contribution in [2.45, 2.75) is 23.6 Å². The van der Waals surface area contributed by atoms with Gasteiger partial charge in [0.2, 0.25) is 0 Å². The Morgan fingerprint density at radius 1 is 1.21 bits per heavy atom. The van der Waals surface area contributed by atoms with Crippen LogP contribution < -0.4 is 0 Å². The molecule has 0 bridgehead atoms. The minimum atomic E-state index is -0.0697. The summed E-state index contributed by atoms with van der Waals surface area (Å²) in [6.45, 7) is 1.19. The summed E-state index contributed by atoms with van der Waals surface area (Å²) in [4.78, 5) is 16.3. The molecule has 5 rings (SSSR count). The lowest BCUT2D eigenvalue weighted by Crippen LogP contribution is -2.35. The van der Waals surface area contributed by atoms with Crippen molar-refractivity contribution in [1.82, 2.24) is 15.1 Å². The number of fused-ring (bicyclic) bond motifs is 2. The third-order valence-electron chi connectivity index (χ3n) is 5.18. The zero-order valence-electron chi connectivity index (χ0n) is 15.5. The molecule has 29 heavy (non-hydrogen) atoms. The van der Waals surface area contributed by atoms with Gasteiger partial charge in [-0.15, -0.1) is 11.8 Å². The molecule has 146 valence electrons. The van der Waals surface area contributed by atoms with E-state index in [9.17, 15) is 4.79 Å². The highest BCUT2D eigenvalue weighted by atomic mass is 35.5. The Bertz CT molecular complexity index is 1180. The van der Waals surface area contributed by atoms with Crippen molar-refractivity contribution in [3.05, 3.63) is 82.3 Å². The first-order chi connectivity index (χ1) is 14.2. The second kappa shape index (κ2) is 7.61. The number of hydrogen-bond donors (Lipinski definition) is 1. The van der Waals surface area contributed by atoms with Gasteiger partial charge in [-0.05, 0) is 30.3 Å². The molecule has 0 fully saturated rings. The summed E-state index contributed by atoms with van der Waals surface area (Å²) in [5.41, 5.74) is 3.85. The van der Waals surface area contributed by atoms with Crippen LogP contribution in [-0.2, 0) is 18.7 Å². The normalized spacial score (nSPS) is 13.6. The maximum atomic E-state index is 13.4. The van der Waals surface area contributed by atoms with Crippen molar-refractivity contribution in [3.63, 3.8) is 0 Å². The summed E-state index contributed by atoms with van der Waals surface area (Å²) in [5, 5.41) is 8.80. The third-order valence-corrected chi connectivity index (χ3v) is 6.47. The van der Waals surface area contributed by atoms with Gasteiger partial charge in [-0.3, -0.25) is 9.89 Å². The molecule has 7 heteroatoms. The van der Waals surface area contributed by atoms with Crippen LogP contribution >= 0.6 is 23.4 Å². The summed E-state index contributed by atoms with van der Waals surface area (Å²) in [6, 6.07) is 15.5. The van der Waals surface area contributed by atoms with Crippen LogP contribution in [0, 0.1) is 0 Å². The molecule has 0 saturated carbocycles. The van der Waals surface area contributed by atoms with Crippen molar-refractivity contribution < 1.29 is 9.21 Å². The topological polar surface area (TPSA) is 62.1 Å². The van der Waals surface area contributed by atoms with Crippen molar-refractivity contribution >= 4 is 40.2 Å². The number of carbonyl (C=O) groups is 1. The van der Waals surface area contributed by atoms with E-state index in [1.807, 2.05) is 53.4 Å². The van der Waals surface area contributed by atoms with Crippen LogP contribution in [0.15, 0.2) is 64.0 Å². The number of thioether (sulfide) groups is 1. The SMILES string of the molecule is O=C(c1oc2ccccc2c1CSc1ccc(Cl)cc1)N1CCc2[nH]ncc2C1. The second-order valence-electron chi connectivity index (χ2n) is 7.00. The van der Waals surface area contributed by atoms with E-state index in [4.69, 9.17) is 16.0 Å². The number of para-hydroxylation sites is 1. The molecule has 0 unspecified atom stereocenters. The first-order valence-electron chi connectivity index (χ1n) is 9.38. The number of halogens is 1. The monoisotopic (exact) mass is 423 g/mol. The Morgan fingerprint density at radius 2 is 2.03 bits per heavy atom. The number of aromatic nitrogens is 2. The maximum Gasteiger partial charge on any atom is 0.290 e. The molecule has 1 amide bonds. The lowest BCUT2D eigenvalue weighted by Gasteiger charge is -2.26. The van der Waals surface area contributed by atoms with Crippen LogP contribution in [0.4, 0.5) is 0 Å². The summed E-state index contributed by atoms with van der Waals surface area (Å²) in [5.74, 6) is 1.00. The van der Waals surface area contributed by atoms with Gasteiger partial charge in [-0.2, -0.15) is 5.10 Å². The minimum Gasteiger partial charge on any atom is -0.451 e. The molecule has 2 aromatic carbocycles. The Morgan fingerprint density at radius 3 is 2.90 bits per heavy atom. The summed E-state index contributed by atoms with van der Waals surface area (Å²) >= 11 is 7.65. The van der Waals surface area contributed by atoms with E-state index in [2.05, 4.69) is 10.2 Å². The van der Waals surface area contributed by atoms with E-state index in [1.54, 1.807) is 18.0 Å². The van der Waals surface area contributed by atoms with Gasteiger partial charge in [0, 0.05) is 57.4 Å². The van der Waals surface area contributed by atoms with E-state index in [0.717, 1.165) is 39.1 Å². The first kappa shape index (κ1) is 18.3. The summed E-state index contributed by atoms with van der Waals surface area (Å²) < 4.78 is 6.04. The molecule has 5 nitrogen and oxygen atoms in total. The quantitative estimate of drug-likeness (QED) is 0.452. The van der Waals surface area contributed by atoms with Gasteiger partial charge in [-0.1, -0.05) is 29.8 Å². The number of aromatic amines is 1. The molecular weight excluding hydrogens is 406 g/mol. The number of carbonyl (C=O) groups excluding carboxylic acids is 1. The van der Waals surface area contributed by atoms with Crippen LogP contribution in [-0.4, -0.2) is 27.5 Å². The molecule has 1 aliphatic heterocycles. The molecule has 0 aliphatic carbocycles. The van der Waals surface area contributed by atoms with E-state index >= 15 is 0 Å². The maximum absolute atomic E-state index is 13.4. The predicted molar refractivity (Wildman–Crippen MR) is 114 cm³/mol. The number of amides is 1. The van der Waals surface area contributed by atoms with Gasteiger partial charge in [0.05, 0.1) is 6.20 Å². The molecule has 3 heterocycles. The van der Waals surface area contributed by atoms with Crippen LogP contribution in [0.3, 0.4) is 0 Å². The smallest absolute Gasteiger partial charge is 0.290 e. The molecule has 0 atom stereocenters. The third kappa shape index (κ3) is 3.54. The van der Waals surface area contributed by atoms with E-state index in [-0.39, 0.29) is 5.91 Å². The van der Waals surface area contributed by atoms with Crippen molar-refractivity contribution in [1.29, 1.82) is 0 Å². The Labute approximate surface area is 177 Å². The molecule has 1 aliphatic rings. The average molecular weight is 424 g/mol. The van der Waals surface area contributed by atoms with Crippen molar-refractivity contribution in [2.75, 3.05) is 6.54 Å². The predicted octanol–water partition coefficient (Wildman–Crippen LogP) is 5.30. The Kier molecular flexibility index (Phi) is 4.81. The standard InChI is InChI=1S/C22H18ClN3O2S/c23-15-5-7-16(8-6-15)29-13-18-17-3-1-2-4-20(17)28-21(18)22(27)26-10-9-19-14(12-26)11-24-25-19/h1-8,11H,9-10,12-13H2,(H,24,25). The first-order valence-corrected chi connectivity index (χ1v) is 10.7. The minimum absolute atomic E-state index is 0.0697. The van der Waals surface area contributed by atoms with Crippen LogP contribution in [0.25, 0.3) is 11.0 Å². The largest absolute Gasteiger partial charge is 0.451 e. The number of nitrogens with one attached hydrogen (secondary N) is 1. The number of nitrogens with zero attached hydrogens (tertiary/aromatic N) is 2. The Balaban J connectivity index is 1.46. The molecular formula is C22H18ClN3O2S. The highest BCUT2D eigenvalue weighted by Crippen LogP contribution is 2.33. The van der Waals surface area contributed by atoms with Gasteiger partial charge in [0.25, 0.3) is 5.91 Å². The van der Waals surface area contributed by atoms with E-state index < -0.39 is 0 Å². The molecule has 4 aromatic rings. The van der Waals surface area contributed by atoms with E-state index in [0.29, 0.717) is 29.6 Å². The van der Waals surface area contributed by atoms with Crippen molar-refractivity contribution in [2.24, 2.45) is 0 Å². The number of hydrogen-bond acceptors (Lipinski definition) is 4. The van der Waals surface area contributed by atoms with Gasteiger partial charge in [0.1, 0.15) is 5.58 Å². The van der Waals surface area contributed by atoms with Gasteiger partial charge < -0.3 is 9.32 Å². The molecule has 0 spiro atoms. The number of H-pyrrole nitrogens is 1. The molecule has 2 aromatic heterocycles. The Hall–Kier alpha value is -2.70. The van der Waals surface area contributed by atoms with Crippen molar-refractivity contribution in [3.8, 4) is 0 Å². The molecule has 1 N–H and O–H groups in total. The number of furan rings is 1. The van der Waals surface area contributed by atoms with Gasteiger partial charge >= 0.3 is 0 Å². The van der Waals surface area contributed by atoms with Crippen LogP contribution in [0.2, 0.25) is 5.02 Å². The van der Waals surface area contributed by atoms with E-state index in [1.165, 1.54) is 0 Å². The lowest BCUT2D eigenvalue weighted by atomic mass is 10.1. The lowest BCUT2D eigenvalue weighted by molar-refractivity contribution is 0.0703. The van der Waals surface area contributed by atoms with Crippen LogP contribution in [0.5, 0.6) is 0 Å². The number of benzene rings is 2. The summed E-state index contributed by atoms with van der Waals surface area (Å²) in [6.07, 6.45) is 2.57.